The van der Waals surface area contributed by atoms with Gasteiger partial charge in [-0.2, -0.15) is 0 Å². The lowest BCUT2D eigenvalue weighted by Gasteiger charge is -2.24. The van der Waals surface area contributed by atoms with E-state index in [2.05, 4.69) is 32.7 Å². The van der Waals surface area contributed by atoms with E-state index in [4.69, 9.17) is 9.47 Å². The Morgan fingerprint density at radius 3 is 2.46 bits per heavy atom. The molecule has 3 atom stereocenters. The molecule has 0 spiro atoms. The Labute approximate surface area is 272 Å². The number of hydrogen-bond donors (Lipinski definition) is 3. The molecule has 1 saturated heterocycles. The number of amides is 2. The second-order valence-electron chi connectivity index (χ2n) is 12.7. The number of unbranched alkanes of at least 4 members (excludes halogenated alkanes) is 1. The molecule has 1 unspecified atom stereocenters. The first-order valence-corrected chi connectivity index (χ1v) is 16.2. The van der Waals surface area contributed by atoms with E-state index in [9.17, 15) is 19.2 Å². The summed E-state index contributed by atoms with van der Waals surface area (Å²) in [7, 11) is 1.99. The average Bonchev–Trinajstić information content (AvgIpc) is 3.62. The highest BCUT2D eigenvalue weighted by molar-refractivity contribution is 5.99. The molecule has 2 amide bonds. The number of aromatic amines is 1. The van der Waals surface area contributed by atoms with Gasteiger partial charge in [0.05, 0.1) is 12.6 Å². The Morgan fingerprint density at radius 2 is 1.80 bits per heavy atom. The van der Waals surface area contributed by atoms with Crippen molar-refractivity contribution in [3.8, 4) is 0 Å². The lowest BCUT2D eigenvalue weighted by atomic mass is 9.91. The average molecular weight is 635 g/mol. The molecule has 46 heavy (non-hydrogen) atoms. The summed E-state index contributed by atoms with van der Waals surface area (Å²) >= 11 is 0. The number of rotatable bonds is 12. The number of carbonyl (C=O) groups is 4. The number of alkyl carbamates (subject to hydrolysis) is 1. The number of hydrogen-bond acceptors (Lipinski definition) is 7. The molecule has 10 nitrogen and oxygen atoms in total. The van der Waals surface area contributed by atoms with Crippen LogP contribution in [-0.2, 0) is 19.1 Å². The summed E-state index contributed by atoms with van der Waals surface area (Å²) in [6, 6.07) is 17.3. The summed E-state index contributed by atoms with van der Waals surface area (Å²) in [5.74, 6) is -0.0592. The van der Waals surface area contributed by atoms with Gasteiger partial charge in [0, 0.05) is 35.0 Å². The topological polar surface area (TPSA) is 130 Å². The van der Waals surface area contributed by atoms with Crippen LogP contribution < -0.4 is 10.6 Å². The Hall–Kier alpha value is -4.18. The number of aromatic nitrogens is 1. The van der Waals surface area contributed by atoms with Crippen molar-refractivity contribution in [1.82, 2.24) is 15.2 Å². The molecule has 2 aromatic carbocycles. The lowest BCUT2D eigenvalue weighted by Crippen LogP contribution is -2.40. The molecule has 3 N–H and O–H groups in total. The molecular formula is C36H50N4O6. The summed E-state index contributed by atoms with van der Waals surface area (Å²) in [6.07, 6.45) is 5.22. The van der Waals surface area contributed by atoms with Crippen molar-refractivity contribution < 1.29 is 28.7 Å². The Bertz CT molecular complexity index is 1430. The van der Waals surface area contributed by atoms with Gasteiger partial charge in [-0.05, 0) is 96.8 Å². The van der Waals surface area contributed by atoms with Crippen LogP contribution in [0.25, 0.3) is 10.9 Å². The summed E-state index contributed by atoms with van der Waals surface area (Å²) < 4.78 is 10.1. The molecule has 250 valence electrons. The van der Waals surface area contributed by atoms with Crippen LogP contribution in [0.15, 0.2) is 54.6 Å². The van der Waals surface area contributed by atoms with Gasteiger partial charge in [-0.25, -0.2) is 9.59 Å². The number of fused-ring (bicyclic) bond motifs is 1. The minimum atomic E-state index is -0.449. The SMILES string of the molecule is CCC(C=O)CCCCNC(=O)OC(C)(C)C.CCOC(=O)c1cc2cc(NC(=O)[C@@H]3[C@H](c4ccccc4)CCN3C)ccc2[nH]1. The van der Waals surface area contributed by atoms with E-state index in [0.717, 1.165) is 55.8 Å². The van der Waals surface area contributed by atoms with Crippen LogP contribution in [-0.4, -0.2) is 72.5 Å². The highest BCUT2D eigenvalue weighted by Crippen LogP contribution is 2.33. The van der Waals surface area contributed by atoms with Gasteiger partial charge in [-0.1, -0.05) is 43.7 Å². The fraction of sp³-hybridized carbons (Fsp3) is 0.500. The first-order valence-electron chi connectivity index (χ1n) is 16.2. The predicted octanol–water partition coefficient (Wildman–Crippen LogP) is 6.68. The number of esters is 1. The van der Waals surface area contributed by atoms with Crippen LogP contribution >= 0.6 is 0 Å². The van der Waals surface area contributed by atoms with E-state index < -0.39 is 5.60 Å². The van der Waals surface area contributed by atoms with Gasteiger partial charge in [0.2, 0.25) is 5.91 Å². The monoisotopic (exact) mass is 634 g/mol. The van der Waals surface area contributed by atoms with Crippen molar-refractivity contribution in [2.75, 3.05) is 32.1 Å². The predicted molar refractivity (Wildman–Crippen MR) is 181 cm³/mol. The Morgan fingerprint density at radius 1 is 1.07 bits per heavy atom. The number of H-pyrrole nitrogens is 1. The number of ether oxygens (including phenoxy) is 2. The van der Waals surface area contributed by atoms with Gasteiger partial charge >= 0.3 is 12.1 Å². The third-order valence-electron chi connectivity index (χ3n) is 7.92. The maximum Gasteiger partial charge on any atom is 0.407 e. The van der Waals surface area contributed by atoms with Crippen molar-refractivity contribution >= 4 is 40.8 Å². The van der Waals surface area contributed by atoms with Gasteiger partial charge in [-0.15, -0.1) is 0 Å². The zero-order valence-corrected chi connectivity index (χ0v) is 28.1. The molecule has 1 aromatic heterocycles. The third-order valence-corrected chi connectivity index (χ3v) is 7.92. The van der Waals surface area contributed by atoms with Crippen molar-refractivity contribution in [2.45, 2.75) is 84.3 Å². The first-order chi connectivity index (χ1) is 21.9. The zero-order chi connectivity index (χ0) is 33.7. The summed E-state index contributed by atoms with van der Waals surface area (Å²) in [4.78, 5) is 52.1. The number of nitrogens with zero attached hydrogens (tertiary/aromatic N) is 1. The minimum absolute atomic E-state index is 0.0145. The maximum atomic E-state index is 13.1. The highest BCUT2D eigenvalue weighted by atomic mass is 16.6. The molecule has 10 heteroatoms. The van der Waals surface area contributed by atoms with E-state index in [0.29, 0.717) is 24.5 Å². The molecule has 1 aliphatic heterocycles. The fourth-order valence-electron chi connectivity index (χ4n) is 5.53. The van der Waals surface area contributed by atoms with Gasteiger partial charge in [0.25, 0.3) is 0 Å². The van der Waals surface area contributed by atoms with Crippen molar-refractivity contribution in [3.63, 3.8) is 0 Å². The van der Waals surface area contributed by atoms with E-state index in [1.807, 2.05) is 71.1 Å². The van der Waals surface area contributed by atoms with Crippen LogP contribution in [0.1, 0.15) is 88.7 Å². The molecule has 4 rings (SSSR count). The molecule has 1 aliphatic rings. The van der Waals surface area contributed by atoms with Gasteiger partial charge in [-0.3, -0.25) is 9.69 Å². The molecule has 3 aromatic rings. The number of likely N-dealkylation sites (tertiary alicyclic amines) is 1. The summed E-state index contributed by atoms with van der Waals surface area (Å²) in [5.41, 5.74) is 2.69. The molecule has 0 saturated carbocycles. The smallest absolute Gasteiger partial charge is 0.407 e. The van der Waals surface area contributed by atoms with Gasteiger partial charge in [0.1, 0.15) is 17.6 Å². The number of anilines is 1. The Balaban J connectivity index is 0.000000292. The molecule has 1 fully saturated rings. The zero-order valence-electron chi connectivity index (χ0n) is 28.1. The maximum absolute atomic E-state index is 13.1. The number of nitrogens with one attached hydrogen (secondary N) is 3. The summed E-state index contributed by atoms with van der Waals surface area (Å²) in [6.45, 7) is 11.1. The van der Waals surface area contributed by atoms with Crippen molar-refractivity contribution in [1.29, 1.82) is 0 Å². The van der Waals surface area contributed by atoms with Crippen LogP contribution in [0.5, 0.6) is 0 Å². The second kappa shape index (κ2) is 17.5. The van der Waals surface area contributed by atoms with E-state index in [1.54, 1.807) is 13.0 Å². The van der Waals surface area contributed by atoms with Gasteiger partial charge < -0.3 is 29.9 Å². The normalized spacial score (nSPS) is 17.0. The number of carbonyl (C=O) groups excluding carboxylic acids is 4. The molecule has 0 aliphatic carbocycles. The van der Waals surface area contributed by atoms with Crippen LogP contribution in [0, 0.1) is 5.92 Å². The lowest BCUT2D eigenvalue weighted by molar-refractivity contribution is -0.120. The molecule has 0 radical (unpaired) electrons. The number of aldehydes is 1. The minimum Gasteiger partial charge on any atom is -0.461 e. The van der Waals surface area contributed by atoms with E-state index in [-0.39, 0.29) is 35.8 Å². The quantitative estimate of drug-likeness (QED) is 0.115. The van der Waals surface area contributed by atoms with Crippen LogP contribution in [0.3, 0.4) is 0 Å². The number of benzene rings is 2. The Kier molecular flexibility index (Phi) is 13.8. The highest BCUT2D eigenvalue weighted by Gasteiger charge is 2.38. The fourth-order valence-corrected chi connectivity index (χ4v) is 5.53. The largest absolute Gasteiger partial charge is 0.461 e. The standard InChI is InChI=1S/C23H25N3O3.C13H25NO3/c1-3-29-23(28)20-14-16-13-17(9-10-19(16)25-20)24-22(27)21-18(11-12-26(21)2)15-7-5-4-6-8-15;1-5-11(10-15)8-6-7-9-14-12(16)17-13(2,3)4/h4-10,13-14,18,21,25H,3,11-12H2,1-2H3,(H,24,27);10-11H,5-9H2,1-4H3,(H,14,16)/t18-,21-;/m0./s1. The molecular weight excluding hydrogens is 584 g/mol. The first kappa shape index (κ1) is 36.3. The molecule has 0 bridgehead atoms. The van der Waals surface area contributed by atoms with E-state index >= 15 is 0 Å². The van der Waals surface area contributed by atoms with E-state index in [1.165, 1.54) is 5.56 Å². The third kappa shape index (κ3) is 11.0. The van der Waals surface area contributed by atoms with Crippen molar-refractivity contribution in [2.24, 2.45) is 5.92 Å². The van der Waals surface area contributed by atoms with Crippen molar-refractivity contribution in [3.05, 3.63) is 65.9 Å². The van der Waals surface area contributed by atoms with Crippen LogP contribution in [0.4, 0.5) is 10.5 Å². The van der Waals surface area contributed by atoms with Gasteiger partial charge in [0.15, 0.2) is 0 Å². The second-order valence-corrected chi connectivity index (χ2v) is 12.7. The van der Waals surface area contributed by atoms with Crippen LogP contribution in [0.2, 0.25) is 0 Å². The summed E-state index contributed by atoms with van der Waals surface area (Å²) in [5, 5.41) is 6.61. The molecule has 2 heterocycles. The number of likely N-dealkylation sites (N-methyl/N-ethyl adjacent to an activating group) is 1.